The summed E-state index contributed by atoms with van der Waals surface area (Å²) in [6, 6.07) is 9.90. The van der Waals surface area contributed by atoms with Gasteiger partial charge in [0.25, 0.3) is 5.56 Å². The van der Waals surface area contributed by atoms with Gasteiger partial charge in [0.05, 0.1) is 17.3 Å². The number of amides is 1. The number of benzene rings is 2. The zero-order chi connectivity index (χ0) is 28.8. The van der Waals surface area contributed by atoms with Crippen LogP contribution in [0, 0.1) is 5.82 Å². The van der Waals surface area contributed by atoms with Crippen molar-refractivity contribution in [3.8, 4) is 11.1 Å². The predicted molar refractivity (Wildman–Crippen MR) is 140 cm³/mol. The molecule has 1 amide bonds. The average molecular weight is 574 g/mol. The Kier molecular flexibility index (Phi) is 7.09. The number of aromatic nitrogens is 1. The van der Waals surface area contributed by atoms with Crippen molar-refractivity contribution in [2.45, 2.75) is 37.4 Å². The first kappa shape index (κ1) is 27.3. The molecule has 0 saturated carbocycles. The Balaban J connectivity index is 1.73. The number of alkyl halides is 3. The highest BCUT2D eigenvalue weighted by Gasteiger charge is 2.49. The minimum atomic E-state index is -4.30. The van der Waals surface area contributed by atoms with E-state index >= 15 is 0 Å². The van der Waals surface area contributed by atoms with Crippen LogP contribution in [0.5, 0.6) is 0 Å². The maximum atomic E-state index is 14.7. The molecule has 2 unspecified atom stereocenters. The molecular weight excluding hydrogens is 554 g/mol. The fourth-order valence-corrected chi connectivity index (χ4v) is 4.99. The zero-order valence-electron chi connectivity index (χ0n) is 20.5. The smallest absolute Gasteiger partial charge is 0.337 e. The van der Waals surface area contributed by atoms with Gasteiger partial charge >= 0.3 is 17.8 Å². The van der Waals surface area contributed by atoms with E-state index in [9.17, 15) is 31.9 Å². The maximum Gasteiger partial charge on any atom is 0.337 e. The molecule has 1 aromatic heterocycles. The van der Waals surface area contributed by atoms with Crippen molar-refractivity contribution in [3.63, 3.8) is 0 Å². The second kappa shape index (κ2) is 10.4. The lowest BCUT2D eigenvalue weighted by Crippen LogP contribution is -2.42. The first-order valence-electron chi connectivity index (χ1n) is 12.1. The molecule has 2 aliphatic rings. The number of hydrogen-bond acceptors (Lipinski definition) is 4. The van der Waals surface area contributed by atoms with Crippen LogP contribution in [-0.4, -0.2) is 44.8 Å². The second-order valence-electron chi connectivity index (χ2n) is 9.40. The minimum Gasteiger partial charge on any atom is -0.481 e. The zero-order valence-corrected chi connectivity index (χ0v) is 21.3. The van der Waals surface area contributed by atoms with Crippen LogP contribution < -0.4 is 16.1 Å². The van der Waals surface area contributed by atoms with Crippen LogP contribution in [0.3, 0.4) is 0 Å². The third-order valence-electron chi connectivity index (χ3n) is 6.66. The van der Waals surface area contributed by atoms with Crippen LogP contribution in [0.2, 0.25) is 5.02 Å². The number of carbonyl (C=O) groups is 2. The summed E-state index contributed by atoms with van der Waals surface area (Å²) in [5, 5.41) is 14.5. The van der Waals surface area contributed by atoms with Crippen LogP contribution in [0.4, 0.5) is 17.6 Å². The fraction of sp³-hybridized carbons (Fsp3) is 0.214. The molecule has 0 fully saturated rings. The lowest BCUT2D eigenvalue weighted by molar-refractivity contribution is -0.167. The monoisotopic (exact) mass is 573 g/mol. The van der Waals surface area contributed by atoms with E-state index in [-0.39, 0.29) is 29.7 Å². The van der Waals surface area contributed by atoms with Crippen molar-refractivity contribution in [1.29, 1.82) is 0 Å². The first-order valence-corrected chi connectivity index (χ1v) is 12.5. The van der Waals surface area contributed by atoms with Gasteiger partial charge in [0.2, 0.25) is 0 Å². The number of pyridine rings is 1. The van der Waals surface area contributed by atoms with Crippen molar-refractivity contribution in [2.75, 3.05) is 0 Å². The highest BCUT2D eigenvalue weighted by Crippen LogP contribution is 2.37. The van der Waals surface area contributed by atoms with Crippen LogP contribution >= 0.6 is 11.6 Å². The molecule has 2 N–H and O–H groups in total. The van der Waals surface area contributed by atoms with Gasteiger partial charge in [-0.05, 0) is 41.5 Å². The summed E-state index contributed by atoms with van der Waals surface area (Å²) in [5.74, 6) is -8.61. The van der Waals surface area contributed by atoms with Gasteiger partial charge < -0.3 is 10.1 Å². The Hall–Kier alpha value is -4.25. The molecule has 40 heavy (non-hydrogen) atoms. The Morgan fingerprint density at radius 1 is 1.10 bits per heavy atom. The van der Waals surface area contributed by atoms with E-state index in [0.29, 0.717) is 31.7 Å². The van der Waals surface area contributed by atoms with Gasteiger partial charge in [-0.1, -0.05) is 41.9 Å². The summed E-state index contributed by atoms with van der Waals surface area (Å²) >= 11 is 5.97. The molecule has 12 heteroatoms. The van der Waals surface area contributed by atoms with Crippen LogP contribution in [0.25, 0.3) is 23.3 Å². The fourth-order valence-electron chi connectivity index (χ4n) is 4.87. The van der Waals surface area contributed by atoms with Gasteiger partial charge in [-0.25, -0.2) is 13.8 Å². The number of carboxylic acids is 1. The SMILES string of the molecule is O=C(O)CC(F)(F)C(=O)N1N=C(c2c(-c3ccc(F)cc3)c3c([nH]c2=O)=CCC(F)C=3)CC1c1ccc(Cl)cc1. The third-order valence-corrected chi connectivity index (χ3v) is 6.91. The topological polar surface area (TPSA) is 103 Å². The molecule has 1 aliphatic carbocycles. The van der Waals surface area contributed by atoms with Gasteiger partial charge in [0.1, 0.15) is 18.4 Å². The molecule has 5 rings (SSSR count). The van der Waals surface area contributed by atoms with Crippen LogP contribution in [0.1, 0.15) is 36.4 Å². The van der Waals surface area contributed by atoms with E-state index in [1.54, 1.807) is 0 Å². The second-order valence-corrected chi connectivity index (χ2v) is 9.84. The quantitative estimate of drug-likeness (QED) is 0.436. The van der Waals surface area contributed by atoms with Crippen molar-refractivity contribution >= 4 is 41.3 Å². The summed E-state index contributed by atoms with van der Waals surface area (Å²) < 4.78 is 57.7. The molecule has 206 valence electrons. The molecule has 2 aromatic carbocycles. The van der Waals surface area contributed by atoms with Gasteiger partial charge in [0, 0.05) is 34.0 Å². The summed E-state index contributed by atoms with van der Waals surface area (Å²) in [4.78, 5) is 40.1. The van der Waals surface area contributed by atoms with Gasteiger partial charge in [-0.15, -0.1) is 0 Å². The van der Waals surface area contributed by atoms with Gasteiger partial charge in [0.15, 0.2) is 0 Å². The molecule has 0 bridgehead atoms. The Labute approximate surface area is 228 Å². The number of nitrogens with zero attached hydrogens (tertiary/aromatic N) is 2. The van der Waals surface area contributed by atoms with Crippen molar-refractivity contribution < 1.29 is 32.3 Å². The Bertz CT molecular complexity index is 1720. The van der Waals surface area contributed by atoms with E-state index < -0.39 is 47.8 Å². The van der Waals surface area contributed by atoms with Gasteiger partial charge in [-0.2, -0.15) is 13.9 Å². The van der Waals surface area contributed by atoms with Crippen LogP contribution in [-0.2, 0) is 9.59 Å². The lowest BCUT2D eigenvalue weighted by atomic mass is 9.91. The van der Waals surface area contributed by atoms with E-state index in [1.807, 2.05) is 0 Å². The summed E-state index contributed by atoms with van der Waals surface area (Å²) in [7, 11) is 0. The van der Waals surface area contributed by atoms with Gasteiger partial charge in [-0.3, -0.25) is 14.4 Å². The molecule has 7 nitrogen and oxygen atoms in total. The highest BCUT2D eigenvalue weighted by atomic mass is 35.5. The van der Waals surface area contributed by atoms with Crippen molar-refractivity contribution in [1.82, 2.24) is 9.99 Å². The highest BCUT2D eigenvalue weighted by molar-refractivity contribution is 6.30. The molecule has 0 radical (unpaired) electrons. The summed E-state index contributed by atoms with van der Waals surface area (Å²) in [6.07, 6.45) is -0.535. The standard InChI is InChI=1S/C28H20ClF4N3O4/c29-16-5-1-14(2-6-16)22-12-21(35-36(22)27(40)28(32,33)13-23(37)38)25-24(15-3-7-17(30)8-4-15)19-11-18(31)9-10-20(19)34-26(25)39/h1-8,10-11,18,22H,9,12-13H2,(H,34,39)(H,37,38). The number of rotatable bonds is 6. The number of aromatic amines is 1. The van der Waals surface area contributed by atoms with E-state index in [4.69, 9.17) is 16.7 Å². The Morgan fingerprint density at radius 2 is 1.77 bits per heavy atom. The van der Waals surface area contributed by atoms with E-state index in [1.165, 1.54) is 48.6 Å². The molecule has 1 aliphatic heterocycles. The number of aliphatic carboxylic acids is 1. The number of H-pyrrole nitrogens is 1. The van der Waals surface area contributed by atoms with E-state index in [2.05, 4.69) is 10.1 Å². The number of halogens is 5. The molecule has 2 atom stereocenters. The van der Waals surface area contributed by atoms with E-state index in [0.717, 1.165) is 12.1 Å². The molecule has 0 saturated heterocycles. The number of carbonyl (C=O) groups excluding carboxylic acids is 1. The Morgan fingerprint density at radius 3 is 2.42 bits per heavy atom. The van der Waals surface area contributed by atoms with Crippen molar-refractivity contribution in [2.24, 2.45) is 5.10 Å². The molecular formula is C28H20ClF4N3O4. The largest absolute Gasteiger partial charge is 0.481 e. The number of nitrogens with one attached hydrogen (secondary N) is 1. The molecule has 0 spiro atoms. The maximum absolute atomic E-state index is 14.7. The number of carboxylic acid groups (broad SMARTS) is 1. The normalized spacial score (nSPS) is 18.4. The minimum absolute atomic E-state index is 0.0195. The average Bonchev–Trinajstić information content (AvgIpc) is 3.32. The number of hydrogen-bond donors (Lipinski definition) is 2. The molecule has 2 heterocycles. The lowest BCUT2D eigenvalue weighted by Gasteiger charge is -2.25. The number of fused-ring (bicyclic) bond motifs is 1. The first-order chi connectivity index (χ1) is 18.9. The van der Waals surface area contributed by atoms with Crippen molar-refractivity contribution in [3.05, 3.63) is 91.4 Å². The molecule has 3 aromatic rings. The predicted octanol–water partition coefficient (Wildman–Crippen LogP) is 3.92. The van der Waals surface area contributed by atoms with Crippen LogP contribution in [0.15, 0.2) is 58.4 Å². The summed E-state index contributed by atoms with van der Waals surface area (Å²) in [6.45, 7) is 0. The summed E-state index contributed by atoms with van der Waals surface area (Å²) in [5.41, 5.74) is 0.0168. The third kappa shape index (κ3) is 5.16. The number of hydrazone groups is 1.